The van der Waals surface area contributed by atoms with Crippen molar-refractivity contribution in [2.24, 2.45) is 0 Å². The van der Waals surface area contributed by atoms with Crippen LogP contribution >= 0.6 is 0 Å². The van der Waals surface area contributed by atoms with E-state index in [1.54, 1.807) is 0 Å². The van der Waals surface area contributed by atoms with Gasteiger partial charge in [-0.2, -0.15) is 4.73 Å². The van der Waals surface area contributed by atoms with E-state index in [0.717, 1.165) is 12.3 Å². The second kappa shape index (κ2) is 5.25. The zero-order valence-electron chi connectivity index (χ0n) is 10.2. The Kier molecular flexibility index (Phi) is 3.66. The van der Waals surface area contributed by atoms with Crippen LogP contribution in [0.4, 0.5) is 5.69 Å². The van der Waals surface area contributed by atoms with Crippen LogP contribution in [0.2, 0.25) is 0 Å². The lowest BCUT2D eigenvalue weighted by Gasteiger charge is -2.05. The van der Waals surface area contributed by atoms with Gasteiger partial charge in [-0.25, -0.2) is 8.42 Å². The van der Waals surface area contributed by atoms with Crippen LogP contribution in [0.25, 0.3) is 0 Å². The first-order valence-corrected chi connectivity index (χ1v) is 7.20. The molecule has 0 aliphatic heterocycles. The number of rotatable bonds is 4. The number of nitro benzene ring substituents is 1. The topological polar surface area (TPSA) is 104 Å². The second-order valence-corrected chi connectivity index (χ2v) is 5.95. The van der Waals surface area contributed by atoms with E-state index in [4.69, 9.17) is 0 Å². The highest BCUT2D eigenvalue weighted by Crippen LogP contribution is 2.22. The van der Waals surface area contributed by atoms with Crippen LogP contribution in [0.5, 0.6) is 0 Å². The van der Waals surface area contributed by atoms with E-state index < -0.39 is 25.5 Å². The van der Waals surface area contributed by atoms with Gasteiger partial charge in [0, 0.05) is 23.8 Å². The van der Waals surface area contributed by atoms with Crippen molar-refractivity contribution in [3.63, 3.8) is 0 Å². The van der Waals surface area contributed by atoms with Gasteiger partial charge in [-0.15, -0.1) is 0 Å². The van der Waals surface area contributed by atoms with Crippen LogP contribution in [-0.4, -0.2) is 13.3 Å². The summed E-state index contributed by atoms with van der Waals surface area (Å²) in [6.07, 6.45) is 1.06. The Balaban J connectivity index is 2.45. The lowest BCUT2D eigenvalue weighted by Crippen LogP contribution is -2.33. The van der Waals surface area contributed by atoms with Gasteiger partial charge < -0.3 is 5.21 Å². The first kappa shape index (κ1) is 13.9. The molecular weight excluding hydrogens is 284 g/mol. The SMILES string of the molecule is O=[N+]([O-])c1ccccc1CS(=O)(=O)c1cccc[n+]1[O-]. The van der Waals surface area contributed by atoms with E-state index in [1.807, 2.05) is 0 Å². The van der Waals surface area contributed by atoms with Crippen LogP contribution in [-0.2, 0) is 15.6 Å². The van der Waals surface area contributed by atoms with E-state index in [0.29, 0.717) is 0 Å². The highest BCUT2D eigenvalue weighted by Gasteiger charge is 2.27. The minimum Gasteiger partial charge on any atom is -0.618 e. The van der Waals surface area contributed by atoms with Crippen molar-refractivity contribution < 1.29 is 18.1 Å². The van der Waals surface area contributed by atoms with E-state index in [1.165, 1.54) is 36.4 Å². The third kappa shape index (κ3) is 2.75. The largest absolute Gasteiger partial charge is 0.618 e. The Morgan fingerprint density at radius 1 is 1.10 bits per heavy atom. The average molecular weight is 294 g/mol. The fourth-order valence-corrected chi connectivity index (χ4v) is 3.17. The molecule has 1 aromatic heterocycles. The molecule has 2 aromatic rings. The molecule has 0 atom stereocenters. The Bertz CT molecular complexity index is 758. The fraction of sp³-hybridized carbons (Fsp3) is 0.0833. The summed E-state index contributed by atoms with van der Waals surface area (Å²) in [5.74, 6) is -0.601. The molecule has 0 unspecified atom stereocenters. The molecular formula is C12H10N2O5S. The van der Waals surface area contributed by atoms with Gasteiger partial charge in [0.2, 0.25) is 9.84 Å². The monoisotopic (exact) mass is 294 g/mol. The number of hydrogen-bond acceptors (Lipinski definition) is 5. The maximum absolute atomic E-state index is 12.2. The molecule has 0 radical (unpaired) electrons. The zero-order chi connectivity index (χ0) is 14.8. The zero-order valence-corrected chi connectivity index (χ0v) is 11.0. The van der Waals surface area contributed by atoms with Crippen molar-refractivity contribution in [2.75, 3.05) is 0 Å². The number of pyridine rings is 1. The van der Waals surface area contributed by atoms with E-state index in [9.17, 15) is 23.7 Å². The van der Waals surface area contributed by atoms with Crippen LogP contribution in [0, 0.1) is 15.3 Å². The Morgan fingerprint density at radius 2 is 1.75 bits per heavy atom. The van der Waals surface area contributed by atoms with E-state index in [-0.39, 0.29) is 16.0 Å². The molecule has 0 aliphatic carbocycles. The van der Waals surface area contributed by atoms with Gasteiger partial charge in [0.05, 0.1) is 10.7 Å². The van der Waals surface area contributed by atoms with Gasteiger partial charge in [0.25, 0.3) is 5.69 Å². The molecule has 1 heterocycles. The van der Waals surface area contributed by atoms with Crippen molar-refractivity contribution in [3.8, 4) is 0 Å². The first-order valence-electron chi connectivity index (χ1n) is 5.55. The van der Waals surface area contributed by atoms with Crippen LogP contribution < -0.4 is 4.73 Å². The van der Waals surface area contributed by atoms with Crippen LogP contribution in [0.15, 0.2) is 53.7 Å². The molecule has 104 valence electrons. The van der Waals surface area contributed by atoms with Crippen molar-refractivity contribution in [2.45, 2.75) is 10.8 Å². The number of para-hydroxylation sites is 1. The number of sulfone groups is 1. The van der Waals surface area contributed by atoms with Crippen LogP contribution in [0.3, 0.4) is 0 Å². The molecule has 0 fully saturated rings. The lowest BCUT2D eigenvalue weighted by atomic mass is 10.2. The Labute approximate surface area is 114 Å². The Hall–Kier alpha value is -2.48. The van der Waals surface area contributed by atoms with Crippen molar-refractivity contribution in [1.29, 1.82) is 0 Å². The highest BCUT2D eigenvalue weighted by molar-refractivity contribution is 7.90. The smallest absolute Gasteiger partial charge is 0.308 e. The summed E-state index contributed by atoms with van der Waals surface area (Å²) in [4.78, 5) is 10.2. The summed E-state index contributed by atoms with van der Waals surface area (Å²) in [7, 11) is -3.95. The molecule has 0 bridgehead atoms. The predicted molar refractivity (Wildman–Crippen MR) is 69.4 cm³/mol. The fourth-order valence-electron chi connectivity index (χ4n) is 1.74. The van der Waals surface area contributed by atoms with Gasteiger partial charge in [0.1, 0.15) is 0 Å². The second-order valence-electron chi connectivity index (χ2n) is 4.01. The standard InChI is InChI=1S/C12H10N2O5S/c15-13-8-4-3-7-12(13)20(18,19)9-10-5-1-2-6-11(10)14(16)17/h1-8H,9H2. The molecule has 1 aromatic carbocycles. The summed E-state index contributed by atoms with van der Waals surface area (Å²) in [6.45, 7) is 0. The molecule has 0 saturated heterocycles. The minimum absolute atomic E-state index is 0.0429. The minimum atomic E-state index is -3.95. The molecule has 8 heteroatoms. The number of benzene rings is 1. The summed E-state index contributed by atoms with van der Waals surface area (Å²) in [5.41, 5.74) is -0.245. The first-order chi connectivity index (χ1) is 9.42. The molecule has 0 saturated carbocycles. The molecule has 20 heavy (non-hydrogen) atoms. The van der Waals surface area contributed by atoms with Crippen molar-refractivity contribution in [3.05, 3.63) is 69.5 Å². The number of nitrogens with zero attached hydrogens (tertiary/aromatic N) is 2. The molecule has 7 nitrogen and oxygen atoms in total. The highest BCUT2D eigenvalue weighted by atomic mass is 32.2. The normalized spacial score (nSPS) is 11.2. The third-order valence-electron chi connectivity index (χ3n) is 2.64. The molecule has 0 aliphatic rings. The average Bonchev–Trinajstić information content (AvgIpc) is 2.39. The van der Waals surface area contributed by atoms with E-state index >= 15 is 0 Å². The summed E-state index contributed by atoms with van der Waals surface area (Å²) < 4.78 is 24.5. The van der Waals surface area contributed by atoms with Gasteiger partial charge in [-0.3, -0.25) is 10.1 Å². The van der Waals surface area contributed by atoms with Gasteiger partial charge in [-0.05, 0) is 6.07 Å². The Morgan fingerprint density at radius 3 is 2.40 bits per heavy atom. The summed E-state index contributed by atoms with van der Waals surface area (Å²) in [6, 6.07) is 9.52. The molecule has 2 rings (SSSR count). The van der Waals surface area contributed by atoms with Gasteiger partial charge in [0.15, 0.2) is 6.20 Å². The van der Waals surface area contributed by atoms with Gasteiger partial charge in [-0.1, -0.05) is 18.2 Å². The van der Waals surface area contributed by atoms with E-state index in [2.05, 4.69) is 0 Å². The maximum atomic E-state index is 12.2. The number of aromatic nitrogens is 1. The maximum Gasteiger partial charge on any atom is 0.308 e. The molecule has 0 spiro atoms. The third-order valence-corrected chi connectivity index (χ3v) is 4.29. The van der Waals surface area contributed by atoms with Crippen molar-refractivity contribution >= 4 is 15.5 Å². The molecule has 0 amide bonds. The molecule has 0 N–H and O–H groups in total. The predicted octanol–water partition coefficient (Wildman–Crippen LogP) is 1.20. The quantitative estimate of drug-likeness (QED) is 0.365. The van der Waals surface area contributed by atoms with Gasteiger partial charge >= 0.3 is 5.03 Å². The lowest BCUT2D eigenvalue weighted by molar-refractivity contribution is -0.646. The van der Waals surface area contributed by atoms with Crippen LogP contribution in [0.1, 0.15) is 5.56 Å². The number of hydrogen-bond donors (Lipinski definition) is 0. The van der Waals surface area contributed by atoms with Crippen molar-refractivity contribution in [1.82, 2.24) is 0 Å². The summed E-state index contributed by atoms with van der Waals surface area (Å²) >= 11 is 0. The number of nitro groups is 1. The summed E-state index contributed by atoms with van der Waals surface area (Å²) in [5, 5.41) is 21.9.